The van der Waals surface area contributed by atoms with Crippen LogP contribution in [0.4, 0.5) is 15.2 Å². The average molecular weight is 496 g/mol. The van der Waals surface area contributed by atoms with Gasteiger partial charge in [-0.05, 0) is 24.6 Å². The van der Waals surface area contributed by atoms with Crippen molar-refractivity contribution < 1.29 is 18.9 Å². The summed E-state index contributed by atoms with van der Waals surface area (Å²) in [5.41, 5.74) is 0.835. The minimum Gasteiger partial charge on any atom is -0.341 e. The predicted molar refractivity (Wildman–Crippen MR) is 123 cm³/mol. The molecule has 5 heterocycles. The minimum atomic E-state index is -0.664. The Kier molecular flexibility index (Phi) is 5.64. The van der Waals surface area contributed by atoms with Crippen molar-refractivity contribution in [3.8, 4) is 11.4 Å². The van der Waals surface area contributed by atoms with Gasteiger partial charge >= 0.3 is 5.00 Å². The molecular weight excluding hydrogens is 479 g/mol. The molecule has 0 spiro atoms. The van der Waals surface area contributed by atoms with E-state index in [2.05, 4.69) is 25.4 Å². The van der Waals surface area contributed by atoms with Gasteiger partial charge in [-0.1, -0.05) is 11.3 Å². The first-order valence-electron chi connectivity index (χ1n) is 10.5. The molecule has 0 bridgehead atoms. The van der Waals surface area contributed by atoms with Crippen molar-refractivity contribution in [3.63, 3.8) is 0 Å². The molecule has 2 amide bonds. The summed E-state index contributed by atoms with van der Waals surface area (Å²) in [6.45, 7) is 2.56. The number of pyridine rings is 1. The SMILES string of the molecule is CC(=O)N1CC[C@H](n2ncc3c(NC(=O)c4ccc([N+](=O)[O-])s4)nc(-c4ccc(F)nc4)nc32)C1. The number of thiophene rings is 1. The zero-order valence-corrected chi connectivity index (χ0v) is 19.0. The first kappa shape index (κ1) is 22.5. The van der Waals surface area contributed by atoms with Crippen LogP contribution in [0.15, 0.2) is 36.7 Å². The second-order valence-corrected chi connectivity index (χ2v) is 8.91. The van der Waals surface area contributed by atoms with E-state index in [1.165, 1.54) is 43.6 Å². The third-order valence-corrected chi connectivity index (χ3v) is 6.66. The van der Waals surface area contributed by atoms with Crippen molar-refractivity contribution >= 4 is 45.0 Å². The molecule has 5 rings (SSSR count). The highest BCUT2D eigenvalue weighted by Gasteiger charge is 2.29. The molecule has 1 fully saturated rings. The number of anilines is 1. The van der Waals surface area contributed by atoms with Gasteiger partial charge in [0.05, 0.1) is 27.4 Å². The van der Waals surface area contributed by atoms with E-state index in [0.29, 0.717) is 36.1 Å². The monoisotopic (exact) mass is 496 g/mol. The predicted octanol–water partition coefficient (Wildman–Crippen LogP) is 3.04. The lowest BCUT2D eigenvalue weighted by atomic mass is 10.2. The van der Waals surface area contributed by atoms with Crippen LogP contribution in [0.5, 0.6) is 0 Å². The molecule has 1 aliphatic heterocycles. The topological polar surface area (TPSA) is 149 Å². The van der Waals surface area contributed by atoms with E-state index in [-0.39, 0.29) is 33.5 Å². The van der Waals surface area contributed by atoms with Crippen LogP contribution >= 0.6 is 11.3 Å². The van der Waals surface area contributed by atoms with E-state index in [1.54, 1.807) is 9.58 Å². The van der Waals surface area contributed by atoms with Gasteiger partial charge < -0.3 is 10.2 Å². The Labute approximate surface area is 200 Å². The maximum absolute atomic E-state index is 13.4. The number of carbonyl (C=O) groups excluding carboxylic acids is 2. The van der Waals surface area contributed by atoms with E-state index in [0.717, 1.165) is 11.3 Å². The Hall–Kier alpha value is -4.33. The van der Waals surface area contributed by atoms with Crippen LogP contribution in [0.2, 0.25) is 0 Å². The molecule has 1 N–H and O–H groups in total. The largest absolute Gasteiger partial charge is 0.341 e. The summed E-state index contributed by atoms with van der Waals surface area (Å²) in [6.07, 6.45) is 3.47. The fourth-order valence-electron chi connectivity index (χ4n) is 3.87. The Morgan fingerprint density at radius 1 is 1.23 bits per heavy atom. The molecular formula is C21H17FN8O4S. The maximum atomic E-state index is 13.4. The number of nitro groups is 1. The fourth-order valence-corrected chi connectivity index (χ4v) is 4.59. The molecule has 0 aliphatic carbocycles. The number of nitrogens with zero attached hydrogens (tertiary/aromatic N) is 7. The van der Waals surface area contributed by atoms with Crippen LogP contribution in [0.1, 0.15) is 29.1 Å². The van der Waals surface area contributed by atoms with Gasteiger partial charge in [-0.15, -0.1) is 0 Å². The van der Waals surface area contributed by atoms with Crippen molar-refractivity contribution in [2.75, 3.05) is 18.4 Å². The molecule has 12 nitrogen and oxygen atoms in total. The first-order chi connectivity index (χ1) is 16.8. The number of aromatic nitrogens is 5. The van der Waals surface area contributed by atoms with E-state index in [4.69, 9.17) is 0 Å². The maximum Gasteiger partial charge on any atom is 0.324 e. The molecule has 0 aromatic carbocycles. The van der Waals surface area contributed by atoms with Crippen LogP contribution < -0.4 is 5.32 Å². The van der Waals surface area contributed by atoms with Crippen LogP contribution in [0.25, 0.3) is 22.4 Å². The molecule has 1 atom stereocenters. The number of hydrogen-bond acceptors (Lipinski definition) is 9. The van der Waals surface area contributed by atoms with Crippen LogP contribution in [0, 0.1) is 16.1 Å². The van der Waals surface area contributed by atoms with Gasteiger partial charge in [-0.2, -0.15) is 9.49 Å². The van der Waals surface area contributed by atoms with Crippen LogP contribution in [-0.4, -0.2) is 59.5 Å². The molecule has 178 valence electrons. The van der Waals surface area contributed by atoms with E-state index in [1.807, 2.05) is 0 Å². The van der Waals surface area contributed by atoms with Gasteiger partial charge in [0.15, 0.2) is 11.5 Å². The Balaban J connectivity index is 1.57. The van der Waals surface area contributed by atoms with Gasteiger partial charge in [0.2, 0.25) is 11.9 Å². The third-order valence-electron chi connectivity index (χ3n) is 5.62. The minimum absolute atomic E-state index is 0.0327. The van der Waals surface area contributed by atoms with Crippen LogP contribution in [-0.2, 0) is 4.79 Å². The van der Waals surface area contributed by atoms with Crippen molar-refractivity contribution in [2.45, 2.75) is 19.4 Å². The summed E-state index contributed by atoms with van der Waals surface area (Å²) in [5.74, 6) is -0.955. The lowest BCUT2D eigenvalue weighted by Gasteiger charge is -2.15. The first-order valence-corrected chi connectivity index (χ1v) is 11.3. The normalized spacial score (nSPS) is 15.5. The van der Waals surface area contributed by atoms with E-state index < -0.39 is 16.8 Å². The van der Waals surface area contributed by atoms with Crippen molar-refractivity contribution in [1.82, 2.24) is 29.6 Å². The number of carbonyl (C=O) groups is 2. The van der Waals surface area contributed by atoms with Crippen molar-refractivity contribution in [2.24, 2.45) is 0 Å². The summed E-state index contributed by atoms with van der Waals surface area (Å²) in [4.78, 5) is 49.6. The number of rotatable bonds is 5. The number of hydrogen-bond donors (Lipinski definition) is 1. The fraction of sp³-hybridized carbons (Fsp3) is 0.238. The molecule has 0 unspecified atom stereocenters. The van der Waals surface area contributed by atoms with Gasteiger partial charge in [-0.25, -0.2) is 19.6 Å². The van der Waals surface area contributed by atoms with Gasteiger partial charge in [0.1, 0.15) is 5.82 Å². The number of fused-ring (bicyclic) bond motifs is 1. The second kappa shape index (κ2) is 8.79. The smallest absolute Gasteiger partial charge is 0.324 e. The average Bonchev–Trinajstić information content (AvgIpc) is 3.58. The Bertz CT molecular complexity index is 1470. The third kappa shape index (κ3) is 4.30. The highest BCUT2D eigenvalue weighted by molar-refractivity contribution is 7.17. The molecule has 14 heteroatoms. The summed E-state index contributed by atoms with van der Waals surface area (Å²) in [5, 5.41) is 18.4. The van der Waals surface area contributed by atoms with Crippen molar-refractivity contribution in [3.05, 3.63) is 57.6 Å². The second-order valence-electron chi connectivity index (χ2n) is 7.85. The molecule has 4 aromatic heterocycles. The van der Waals surface area contributed by atoms with Gasteiger partial charge in [0, 0.05) is 37.8 Å². The van der Waals surface area contributed by atoms with Gasteiger partial charge in [0.25, 0.3) is 5.91 Å². The zero-order chi connectivity index (χ0) is 24.7. The van der Waals surface area contributed by atoms with E-state index >= 15 is 0 Å². The highest BCUT2D eigenvalue weighted by atomic mass is 32.1. The molecule has 0 radical (unpaired) electrons. The van der Waals surface area contributed by atoms with Crippen molar-refractivity contribution in [1.29, 1.82) is 0 Å². The van der Waals surface area contributed by atoms with Crippen LogP contribution in [0.3, 0.4) is 0 Å². The summed E-state index contributed by atoms with van der Waals surface area (Å²) < 4.78 is 15.1. The molecule has 1 saturated heterocycles. The zero-order valence-electron chi connectivity index (χ0n) is 18.2. The van der Waals surface area contributed by atoms with Gasteiger partial charge in [-0.3, -0.25) is 19.7 Å². The number of likely N-dealkylation sites (tertiary alicyclic amines) is 1. The number of amides is 2. The summed E-state index contributed by atoms with van der Waals surface area (Å²) >= 11 is 0.740. The molecule has 4 aromatic rings. The highest BCUT2D eigenvalue weighted by Crippen LogP contribution is 2.31. The molecule has 1 aliphatic rings. The van der Waals surface area contributed by atoms with E-state index in [9.17, 15) is 24.1 Å². The lowest BCUT2D eigenvalue weighted by molar-refractivity contribution is -0.380. The summed E-state index contributed by atoms with van der Waals surface area (Å²) in [6, 6.07) is 5.12. The number of halogens is 1. The Morgan fingerprint density at radius 3 is 2.71 bits per heavy atom. The standard InChI is InChI=1S/C21H17FN8O4S/c1-11(31)28-7-6-13(10-28)29-20-14(9-24-29)19(25-18(26-20)12-2-4-16(22)23-8-12)27-21(32)15-3-5-17(35-15)30(33)34/h2-5,8-9,13H,6-7,10H2,1H3,(H,25,26,27,32)/t13-/m0/s1. The lowest BCUT2D eigenvalue weighted by Crippen LogP contribution is -2.26. The quantitative estimate of drug-likeness (QED) is 0.252. The number of nitrogens with one attached hydrogen (secondary N) is 1. The molecule has 0 saturated carbocycles. The Morgan fingerprint density at radius 2 is 2.06 bits per heavy atom. The molecule has 35 heavy (non-hydrogen) atoms. The summed E-state index contributed by atoms with van der Waals surface area (Å²) in [7, 11) is 0.